The molecule has 1 amide bonds. The fraction of sp³-hybridized carbons (Fsp3) is 0.579. The van der Waals surface area contributed by atoms with Gasteiger partial charge in [0.15, 0.2) is 0 Å². The number of hydrogen-bond donors (Lipinski definition) is 2. The fourth-order valence-corrected chi connectivity index (χ4v) is 2.67. The Morgan fingerprint density at radius 2 is 1.83 bits per heavy atom. The average molecular weight is 319 g/mol. The van der Waals surface area contributed by atoms with Crippen LogP contribution in [-0.4, -0.2) is 23.0 Å². The molecule has 0 spiro atoms. The van der Waals surface area contributed by atoms with Gasteiger partial charge in [0.2, 0.25) is 5.91 Å². The molecule has 23 heavy (non-hydrogen) atoms. The van der Waals surface area contributed by atoms with Crippen molar-refractivity contribution < 1.29 is 14.7 Å². The molecule has 1 aromatic carbocycles. The minimum absolute atomic E-state index is 0.191. The zero-order valence-electron chi connectivity index (χ0n) is 14.4. The predicted octanol–water partition coefficient (Wildman–Crippen LogP) is 3.65. The highest BCUT2D eigenvalue weighted by molar-refractivity contribution is 5.84. The van der Waals surface area contributed by atoms with Gasteiger partial charge < -0.3 is 10.4 Å². The van der Waals surface area contributed by atoms with Crippen LogP contribution in [0.25, 0.3) is 0 Å². The summed E-state index contributed by atoms with van der Waals surface area (Å²) in [5.41, 5.74) is 1.08. The summed E-state index contributed by atoms with van der Waals surface area (Å²) in [6.45, 7) is 6.00. The van der Waals surface area contributed by atoms with Crippen LogP contribution in [0, 0.1) is 11.8 Å². The SMILES string of the molecule is CCCC[C@@H](C)C[C@H](NC(=O)[C@@H](C)Cc1ccccc1)C(=O)O. The van der Waals surface area contributed by atoms with Crippen LogP contribution in [0.15, 0.2) is 30.3 Å². The van der Waals surface area contributed by atoms with Crippen molar-refractivity contribution in [1.82, 2.24) is 5.32 Å². The molecular formula is C19H29NO3. The topological polar surface area (TPSA) is 66.4 Å². The third-order valence-corrected chi connectivity index (χ3v) is 4.14. The number of unbranched alkanes of at least 4 members (excludes halogenated alkanes) is 1. The van der Waals surface area contributed by atoms with Crippen molar-refractivity contribution in [3.8, 4) is 0 Å². The molecular weight excluding hydrogens is 290 g/mol. The van der Waals surface area contributed by atoms with Crippen molar-refractivity contribution in [2.24, 2.45) is 11.8 Å². The van der Waals surface area contributed by atoms with Crippen LogP contribution in [0.1, 0.15) is 52.0 Å². The van der Waals surface area contributed by atoms with Crippen molar-refractivity contribution in [3.63, 3.8) is 0 Å². The summed E-state index contributed by atoms with van der Waals surface area (Å²) < 4.78 is 0. The second kappa shape index (κ2) is 10.0. The Morgan fingerprint density at radius 1 is 1.17 bits per heavy atom. The predicted molar refractivity (Wildman–Crippen MR) is 92.2 cm³/mol. The molecule has 0 fully saturated rings. The van der Waals surface area contributed by atoms with Crippen LogP contribution >= 0.6 is 0 Å². The maximum absolute atomic E-state index is 12.3. The maximum Gasteiger partial charge on any atom is 0.326 e. The van der Waals surface area contributed by atoms with Crippen LogP contribution in [0.2, 0.25) is 0 Å². The standard InChI is InChI=1S/C19H29NO3/c1-4-5-9-14(2)12-17(19(22)23)20-18(21)15(3)13-16-10-7-6-8-11-16/h6-8,10-11,14-15,17H,4-5,9,12-13H2,1-3H3,(H,20,21)(H,22,23)/t14-,15+,17+/m1/s1. The van der Waals surface area contributed by atoms with E-state index in [4.69, 9.17) is 0 Å². The zero-order valence-corrected chi connectivity index (χ0v) is 14.4. The van der Waals surface area contributed by atoms with Gasteiger partial charge in [0.1, 0.15) is 6.04 Å². The lowest BCUT2D eigenvalue weighted by Gasteiger charge is -2.21. The number of carboxylic acids is 1. The van der Waals surface area contributed by atoms with Crippen LogP contribution in [0.4, 0.5) is 0 Å². The Bertz CT molecular complexity index is 487. The number of benzene rings is 1. The summed E-state index contributed by atoms with van der Waals surface area (Å²) in [5.74, 6) is -1.09. The van der Waals surface area contributed by atoms with Crippen molar-refractivity contribution >= 4 is 11.9 Å². The number of carboxylic acid groups (broad SMARTS) is 1. The van der Waals surface area contributed by atoms with Gasteiger partial charge in [0.25, 0.3) is 0 Å². The highest BCUT2D eigenvalue weighted by Gasteiger charge is 2.24. The number of carbonyl (C=O) groups excluding carboxylic acids is 1. The molecule has 0 saturated heterocycles. The summed E-state index contributed by atoms with van der Waals surface area (Å²) >= 11 is 0. The lowest BCUT2D eigenvalue weighted by atomic mass is 9.95. The molecule has 0 radical (unpaired) electrons. The molecule has 0 saturated carbocycles. The molecule has 128 valence electrons. The second-order valence-electron chi connectivity index (χ2n) is 6.47. The third-order valence-electron chi connectivity index (χ3n) is 4.14. The lowest BCUT2D eigenvalue weighted by molar-refractivity contribution is -0.142. The molecule has 1 aromatic rings. The van der Waals surface area contributed by atoms with E-state index in [1.165, 1.54) is 0 Å². The highest BCUT2D eigenvalue weighted by Crippen LogP contribution is 2.15. The number of amides is 1. The first kappa shape index (κ1) is 19.2. The monoisotopic (exact) mass is 319 g/mol. The largest absolute Gasteiger partial charge is 0.480 e. The van der Waals surface area contributed by atoms with Gasteiger partial charge in [-0.05, 0) is 24.3 Å². The van der Waals surface area contributed by atoms with E-state index in [0.29, 0.717) is 18.8 Å². The summed E-state index contributed by atoms with van der Waals surface area (Å²) in [6, 6.07) is 8.97. The lowest BCUT2D eigenvalue weighted by Crippen LogP contribution is -2.44. The van der Waals surface area contributed by atoms with E-state index in [2.05, 4.69) is 12.2 Å². The van der Waals surface area contributed by atoms with Crippen molar-refractivity contribution in [2.75, 3.05) is 0 Å². The molecule has 0 bridgehead atoms. The van der Waals surface area contributed by atoms with E-state index in [1.54, 1.807) is 0 Å². The van der Waals surface area contributed by atoms with E-state index in [0.717, 1.165) is 24.8 Å². The van der Waals surface area contributed by atoms with Crippen molar-refractivity contribution in [1.29, 1.82) is 0 Å². The smallest absolute Gasteiger partial charge is 0.326 e. The van der Waals surface area contributed by atoms with Crippen molar-refractivity contribution in [3.05, 3.63) is 35.9 Å². The van der Waals surface area contributed by atoms with Gasteiger partial charge in [-0.3, -0.25) is 4.79 Å². The van der Waals surface area contributed by atoms with E-state index in [-0.39, 0.29) is 11.8 Å². The van der Waals surface area contributed by atoms with Crippen LogP contribution in [0.5, 0.6) is 0 Å². The Kier molecular flexibility index (Phi) is 8.38. The molecule has 3 atom stereocenters. The summed E-state index contributed by atoms with van der Waals surface area (Å²) in [5, 5.41) is 12.1. The molecule has 1 rings (SSSR count). The van der Waals surface area contributed by atoms with Crippen LogP contribution in [0.3, 0.4) is 0 Å². The number of nitrogens with one attached hydrogen (secondary N) is 1. The third kappa shape index (κ3) is 7.31. The zero-order chi connectivity index (χ0) is 17.2. The summed E-state index contributed by atoms with van der Waals surface area (Å²) in [6.07, 6.45) is 4.29. The number of hydrogen-bond acceptors (Lipinski definition) is 2. The number of aliphatic carboxylic acids is 1. The van der Waals surface area contributed by atoms with Crippen LogP contribution < -0.4 is 5.32 Å². The van der Waals surface area contributed by atoms with Gasteiger partial charge in [-0.25, -0.2) is 4.79 Å². The Hall–Kier alpha value is -1.84. The molecule has 0 unspecified atom stereocenters. The van der Waals surface area contributed by atoms with Gasteiger partial charge in [-0.1, -0.05) is 70.4 Å². The summed E-state index contributed by atoms with van der Waals surface area (Å²) in [7, 11) is 0. The van der Waals surface area contributed by atoms with Gasteiger partial charge >= 0.3 is 5.97 Å². The van der Waals surface area contributed by atoms with E-state index in [1.807, 2.05) is 44.2 Å². The van der Waals surface area contributed by atoms with Gasteiger partial charge in [-0.15, -0.1) is 0 Å². The molecule has 0 aliphatic carbocycles. The van der Waals surface area contributed by atoms with Crippen molar-refractivity contribution in [2.45, 2.75) is 58.9 Å². The van der Waals surface area contributed by atoms with Gasteiger partial charge in [0, 0.05) is 5.92 Å². The minimum atomic E-state index is -0.950. The number of carbonyl (C=O) groups is 2. The Balaban J connectivity index is 2.54. The Morgan fingerprint density at radius 3 is 2.39 bits per heavy atom. The minimum Gasteiger partial charge on any atom is -0.480 e. The molecule has 2 N–H and O–H groups in total. The normalized spacial score (nSPS) is 14.7. The molecule has 4 nitrogen and oxygen atoms in total. The molecule has 4 heteroatoms. The first-order chi connectivity index (χ1) is 10.9. The van der Waals surface area contributed by atoms with E-state index >= 15 is 0 Å². The van der Waals surface area contributed by atoms with Gasteiger partial charge in [-0.2, -0.15) is 0 Å². The summed E-state index contributed by atoms with van der Waals surface area (Å²) in [4.78, 5) is 23.7. The number of rotatable bonds is 10. The molecule has 0 heterocycles. The quantitative estimate of drug-likeness (QED) is 0.692. The average Bonchev–Trinajstić information content (AvgIpc) is 2.52. The molecule has 0 aliphatic rings. The highest BCUT2D eigenvalue weighted by atomic mass is 16.4. The first-order valence-corrected chi connectivity index (χ1v) is 8.51. The van der Waals surface area contributed by atoms with Gasteiger partial charge in [0.05, 0.1) is 0 Å². The fourth-order valence-electron chi connectivity index (χ4n) is 2.67. The Labute approximate surface area is 139 Å². The first-order valence-electron chi connectivity index (χ1n) is 8.51. The molecule has 0 aliphatic heterocycles. The molecule has 0 aromatic heterocycles. The second-order valence-corrected chi connectivity index (χ2v) is 6.47. The van der Waals surface area contributed by atoms with E-state index < -0.39 is 12.0 Å². The van der Waals surface area contributed by atoms with Crippen LogP contribution in [-0.2, 0) is 16.0 Å². The van der Waals surface area contributed by atoms with E-state index in [9.17, 15) is 14.7 Å². The maximum atomic E-state index is 12.3.